The van der Waals surface area contributed by atoms with Crippen molar-refractivity contribution in [2.24, 2.45) is 0 Å². The molecule has 0 atom stereocenters. The van der Waals surface area contributed by atoms with E-state index in [-0.39, 0.29) is 5.82 Å². The molecule has 0 aliphatic carbocycles. The van der Waals surface area contributed by atoms with Crippen LogP contribution in [0.25, 0.3) is 0 Å². The number of hydrogen-bond acceptors (Lipinski definition) is 4. The van der Waals surface area contributed by atoms with E-state index >= 15 is 0 Å². The van der Waals surface area contributed by atoms with Gasteiger partial charge in [-0.25, -0.2) is 4.39 Å². The van der Waals surface area contributed by atoms with Crippen LogP contribution < -0.4 is 0 Å². The number of piperidine rings is 1. The van der Waals surface area contributed by atoms with Crippen LogP contribution in [0.3, 0.4) is 0 Å². The summed E-state index contributed by atoms with van der Waals surface area (Å²) in [5, 5.41) is 0. The molecule has 0 unspecified atom stereocenters. The van der Waals surface area contributed by atoms with Crippen LogP contribution in [0.1, 0.15) is 18.4 Å². The fourth-order valence-corrected chi connectivity index (χ4v) is 4.09. The molecule has 0 amide bonds. The van der Waals surface area contributed by atoms with Crippen molar-refractivity contribution in [2.75, 3.05) is 37.7 Å². The summed E-state index contributed by atoms with van der Waals surface area (Å²) in [4.78, 5) is 8.83. The molecule has 1 aromatic heterocycles. The van der Waals surface area contributed by atoms with Crippen LogP contribution in [-0.2, 0) is 6.54 Å². The van der Waals surface area contributed by atoms with E-state index in [2.05, 4.69) is 26.5 Å². The number of nitrogens with zero attached hydrogens (tertiary/aromatic N) is 3. The lowest BCUT2D eigenvalue weighted by Crippen LogP contribution is -2.47. The zero-order chi connectivity index (χ0) is 13.8. The lowest BCUT2D eigenvalue weighted by molar-refractivity contribution is 0.112. The van der Waals surface area contributed by atoms with Crippen LogP contribution >= 0.6 is 11.8 Å². The molecule has 2 aliphatic heterocycles. The van der Waals surface area contributed by atoms with E-state index in [9.17, 15) is 4.39 Å². The van der Waals surface area contributed by atoms with E-state index in [1.165, 1.54) is 43.6 Å². The maximum atomic E-state index is 13.6. The third-order valence-corrected chi connectivity index (χ3v) is 5.31. The number of rotatable bonds is 3. The van der Waals surface area contributed by atoms with E-state index in [1.807, 2.05) is 0 Å². The third kappa shape index (κ3) is 3.51. The second-order valence-corrected chi connectivity index (χ2v) is 6.85. The Bertz CT molecular complexity index is 429. The number of pyridine rings is 1. The molecule has 3 rings (SSSR count). The summed E-state index contributed by atoms with van der Waals surface area (Å²) >= 11 is 2.07. The Balaban J connectivity index is 1.50. The van der Waals surface area contributed by atoms with Gasteiger partial charge in [-0.3, -0.25) is 14.8 Å². The summed E-state index contributed by atoms with van der Waals surface area (Å²) in [7, 11) is 0. The molecule has 0 aromatic carbocycles. The largest absolute Gasteiger partial charge is 0.299 e. The number of likely N-dealkylation sites (tertiary alicyclic amines) is 1. The molecule has 2 saturated heterocycles. The highest BCUT2D eigenvalue weighted by atomic mass is 32.2. The minimum absolute atomic E-state index is 0.178. The molecule has 0 spiro atoms. The van der Waals surface area contributed by atoms with Gasteiger partial charge in [0.1, 0.15) is 5.82 Å². The van der Waals surface area contributed by atoms with E-state index in [0.717, 1.165) is 31.2 Å². The molecule has 2 fully saturated rings. The van der Waals surface area contributed by atoms with Gasteiger partial charge in [-0.15, -0.1) is 0 Å². The monoisotopic (exact) mass is 295 g/mol. The van der Waals surface area contributed by atoms with Gasteiger partial charge in [0.15, 0.2) is 0 Å². The van der Waals surface area contributed by atoms with Gasteiger partial charge in [-0.1, -0.05) is 0 Å². The summed E-state index contributed by atoms with van der Waals surface area (Å²) in [6.07, 6.45) is 5.43. The topological polar surface area (TPSA) is 19.4 Å². The molecule has 0 bridgehead atoms. The Morgan fingerprint density at radius 2 is 1.95 bits per heavy atom. The molecule has 3 heterocycles. The van der Waals surface area contributed by atoms with E-state index in [0.29, 0.717) is 0 Å². The highest BCUT2D eigenvalue weighted by Gasteiger charge is 2.25. The Labute approximate surface area is 124 Å². The molecule has 0 radical (unpaired) electrons. The lowest BCUT2D eigenvalue weighted by Gasteiger charge is -2.40. The van der Waals surface area contributed by atoms with Crippen LogP contribution in [-0.4, -0.2) is 58.5 Å². The molecule has 2 aliphatic rings. The Morgan fingerprint density at radius 1 is 1.20 bits per heavy atom. The van der Waals surface area contributed by atoms with Crippen molar-refractivity contribution < 1.29 is 4.39 Å². The predicted molar refractivity (Wildman–Crippen MR) is 81.4 cm³/mol. The smallest absolute Gasteiger partial charge is 0.145 e. The third-order valence-electron chi connectivity index (χ3n) is 4.37. The van der Waals surface area contributed by atoms with Crippen molar-refractivity contribution in [1.82, 2.24) is 14.8 Å². The molecular formula is C15H22FN3S. The van der Waals surface area contributed by atoms with Crippen molar-refractivity contribution in [3.8, 4) is 0 Å². The zero-order valence-electron chi connectivity index (χ0n) is 11.8. The number of halogens is 1. The summed E-state index contributed by atoms with van der Waals surface area (Å²) in [5.41, 5.74) is 0.771. The van der Waals surface area contributed by atoms with Crippen molar-refractivity contribution in [3.05, 3.63) is 29.8 Å². The van der Waals surface area contributed by atoms with Gasteiger partial charge >= 0.3 is 0 Å². The highest BCUT2D eigenvalue weighted by molar-refractivity contribution is 7.99. The standard InChI is InChI=1S/C15H22FN3S/c16-15-11-17-4-1-13(15)12-18-5-2-14(3-6-18)19-7-9-20-10-8-19/h1,4,11,14H,2-3,5-10,12H2. The average Bonchev–Trinajstić information content (AvgIpc) is 2.51. The van der Waals surface area contributed by atoms with Crippen molar-refractivity contribution >= 4 is 11.8 Å². The van der Waals surface area contributed by atoms with Gasteiger partial charge < -0.3 is 0 Å². The van der Waals surface area contributed by atoms with Crippen molar-refractivity contribution in [1.29, 1.82) is 0 Å². The normalized spacial score (nSPS) is 23.1. The zero-order valence-corrected chi connectivity index (χ0v) is 12.6. The first kappa shape index (κ1) is 14.3. The van der Waals surface area contributed by atoms with Gasteiger partial charge in [0.25, 0.3) is 0 Å². The van der Waals surface area contributed by atoms with Crippen LogP contribution in [0.2, 0.25) is 0 Å². The van der Waals surface area contributed by atoms with Crippen LogP contribution in [0.15, 0.2) is 18.5 Å². The average molecular weight is 295 g/mol. The predicted octanol–water partition coefficient (Wildman–Crippen LogP) is 2.23. The van der Waals surface area contributed by atoms with Gasteiger partial charge in [-0.2, -0.15) is 11.8 Å². The van der Waals surface area contributed by atoms with Gasteiger partial charge in [-0.05, 0) is 32.0 Å². The molecule has 0 N–H and O–H groups in total. The van der Waals surface area contributed by atoms with E-state index in [4.69, 9.17) is 0 Å². The van der Waals surface area contributed by atoms with Gasteiger partial charge in [0, 0.05) is 48.9 Å². The first-order chi connectivity index (χ1) is 9.83. The minimum atomic E-state index is -0.178. The Hall–Kier alpha value is -0.650. The summed E-state index contributed by atoms with van der Waals surface area (Å²) in [6.45, 7) is 5.37. The summed E-state index contributed by atoms with van der Waals surface area (Å²) in [6, 6.07) is 2.54. The van der Waals surface area contributed by atoms with Crippen molar-refractivity contribution in [3.63, 3.8) is 0 Å². The van der Waals surface area contributed by atoms with Gasteiger partial charge in [0.05, 0.1) is 6.20 Å². The van der Waals surface area contributed by atoms with Crippen molar-refractivity contribution in [2.45, 2.75) is 25.4 Å². The molecule has 0 saturated carbocycles. The molecule has 110 valence electrons. The Morgan fingerprint density at radius 3 is 2.65 bits per heavy atom. The quantitative estimate of drug-likeness (QED) is 0.851. The Kier molecular flexibility index (Phi) is 4.91. The first-order valence-electron chi connectivity index (χ1n) is 7.45. The molecular weight excluding hydrogens is 273 g/mol. The SMILES string of the molecule is Fc1cnccc1CN1CCC(N2CCSCC2)CC1. The maximum Gasteiger partial charge on any atom is 0.145 e. The molecule has 1 aromatic rings. The summed E-state index contributed by atoms with van der Waals surface area (Å²) < 4.78 is 13.6. The summed E-state index contributed by atoms with van der Waals surface area (Å²) in [5.74, 6) is 2.38. The lowest BCUT2D eigenvalue weighted by atomic mass is 10.0. The first-order valence-corrected chi connectivity index (χ1v) is 8.61. The second-order valence-electron chi connectivity index (χ2n) is 5.62. The van der Waals surface area contributed by atoms with Crippen LogP contribution in [0.4, 0.5) is 4.39 Å². The number of aromatic nitrogens is 1. The van der Waals surface area contributed by atoms with Crippen LogP contribution in [0, 0.1) is 5.82 Å². The fourth-order valence-electron chi connectivity index (χ4n) is 3.16. The van der Waals surface area contributed by atoms with Crippen LogP contribution in [0.5, 0.6) is 0 Å². The molecule has 20 heavy (non-hydrogen) atoms. The number of hydrogen-bond donors (Lipinski definition) is 0. The minimum Gasteiger partial charge on any atom is -0.299 e. The fraction of sp³-hybridized carbons (Fsp3) is 0.667. The molecule has 3 nitrogen and oxygen atoms in total. The second kappa shape index (κ2) is 6.87. The highest BCUT2D eigenvalue weighted by Crippen LogP contribution is 2.21. The van der Waals surface area contributed by atoms with Gasteiger partial charge in [0.2, 0.25) is 0 Å². The maximum absolute atomic E-state index is 13.6. The molecule has 5 heteroatoms. The van der Waals surface area contributed by atoms with E-state index < -0.39 is 0 Å². The van der Waals surface area contributed by atoms with E-state index in [1.54, 1.807) is 12.3 Å². The number of thioether (sulfide) groups is 1.